The largest absolute Gasteiger partial charge is 0.456 e. The van der Waals surface area contributed by atoms with Gasteiger partial charge in [-0.25, -0.2) is 4.98 Å². The van der Waals surface area contributed by atoms with E-state index in [1.807, 2.05) is 34.8 Å². The fraction of sp³-hybridized carbons (Fsp3) is 0. The Morgan fingerprint density at radius 2 is 0.783 bits per heavy atom. The average Bonchev–Trinajstić information content (AvgIpc) is 4.10. The summed E-state index contributed by atoms with van der Waals surface area (Å²) in [7, 11) is 0. The van der Waals surface area contributed by atoms with Crippen molar-refractivity contribution in [3.8, 4) is 55.1 Å². The third-order valence-electron chi connectivity index (χ3n) is 12.0. The molecule has 0 amide bonds. The molecule has 9 aromatic carbocycles. The molecule has 0 bridgehead atoms. The maximum absolute atomic E-state index is 6.19. The molecule has 0 atom stereocenters. The highest BCUT2D eigenvalue weighted by Gasteiger charge is 2.18. The molecule has 0 radical (unpaired) electrons. The molecule has 0 N–H and O–H groups in total. The van der Waals surface area contributed by atoms with Crippen molar-refractivity contribution in [1.29, 1.82) is 0 Å². The van der Waals surface area contributed by atoms with Crippen LogP contribution in [0.4, 0.5) is 0 Å². The summed E-state index contributed by atoms with van der Waals surface area (Å²) in [5, 5.41) is 8.50. The highest BCUT2D eigenvalue weighted by atomic mass is 32.1. The number of nitrogens with zero attached hydrogens (tertiary/aromatic N) is 1. The summed E-state index contributed by atoms with van der Waals surface area (Å²) in [5.41, 5.74) is 13.4. The van der Waals surface area contributed by atoms with E-state index in [9.17, 15) is 0 Å². The molecule has 0 aliphatic rings. The van der Waals surface area contributed by atoms with Crippen LogP contribution < -0.4 is 0 Å². The van der Waals surface area contributed by atoms with Gasteiger partial charge in [0.1, 0.15) is 16.2 Å². The minimum Gasteiger partial charge on any atom is -0.456 e. The first-order valence-electron chi connectivity index (χ1n) is 20.1. The molecule has 2 nitrogen and oxygen atoms in total. The van der Waals surface area contributed by atoms with Gasteiger partial charge in [-0.05, 0) is 94.0 Å². The van der Waals surface area contributed by atoms with Crippen molar-refractivity contribution >= 4 is 107 Å². The molecule has 13 aromatic rings. The lowest BCUT2D eigenvalue weighted by atomic mass is 9.95. The van der Waals surface area contributed by atoms with Crippen LogP contribution in [0.3, 0.4) is 0 Å². The summed E-state index contributed by atoms with van der Waals surface area (Å²) in [6.07, 6.45) is 0. The van der Waals surface area contributed by atoms with Crippen molar-refractivity contribution in [1.82, 2.24) is 4.98 Å². The van der Waals surface area contributed by atoms with Gasteiger partial charge in [0, 0.05) is 67.8 Å². The summed E-state index contributed by atoms with van der Waals surface area (Å²) in [4.78, 5) is 5.46. The zero-order chi connectivity index (χ0) is 39.3. The lowest BCUT2D eigenvalue weighted by molar-refractivity contribution is 0.669. The second kappa shape index (κ2) is 13.3. The number of hydrogen-bond donors (Lipinski definition) is 0. The Bertz CT molecular complexity index is 3630. The van der Waals surface area contributed by atoms with Crippen LogP contribution in [-0.4, -0.2) is 4.98 Å². The maximum atomic E-state index is 6.19. The number of para-hydroxylation sites is 1. The summed E-state index contributed by atoms with van der Waals surface area (Å²) >= 11 is 5.48. The van der Waals surface area contributed by atoms with Crippen molar-refractivity contribution in [3.63, 3.8) is 0 Å². The number of thiophene rings is 2. The Labute approximate surface area is 356 Å². The molecule has 0 spiro atoms. The lowest BCUT2D eigenvalue weighted by Gasteiger charge is -2.10. The number of furan rings is 1. The van der Waals surface area contributed by atoms with E-state index in [1.165, 1.54) is 78.4 Å². The average molecular weight is 818 g/mol. The number of benzene rings is 9. The van der Waals surface area contributed by atoms with E-state index in [0.29, 0.717) is 0 Å². The van der Waals surface area contributed by atoms with Crippen LogP contribution in [0.25, 0.3) is 128 Å². The van der Waals surface area contributed by atoms with Gasteiger partial charge in [-0.15, -0.1) is 34.0 Å². The van der Waals surface area contributed by atoms with Gasteiger partial charge in [0.05, 0.1) is 10.2 Å². The molecule has 4 aromatic heterocycles. The monoisotopic (exact) mass is 817 g/mol. The fourth-order valence-electron chi connectivity index (χ4n) is 8.95. The van der Waals surface area contributed by atoms with Crippen molar-refractivity contribution in [2.45, 2.75) is 0 Å². The molecule has 13 rings (SSSR count). The van der Waals surface area contributed by atoms with Crippen LogP contribution in [0.2, 0.25) is 0 Å². The first-order valence-corrected chi connectivity index (χ1v) is 22.5. The fourth-order valence-corrected chi connectivity index (χ4v) is 12.2. The molecule has 0 aliphatic carbocycles. The van der Waals surface area contributed by atoms with Crippen LogP contribution in [0.1, 0.15) is 0 Å². The normalized spacial score (nSPS) is 12.0. The van der Waals surface area contributed by atoms with Crippen LogP contribution in [0, 0.1) is 0 Å². The summed E-state index contributed by atoms with van der Waals surface area (Å²) in [6.45, 7) is 0. The Morgan fingerprint density at radius 3 is 1.43 bits per heavy atom. The quantitative estimate of drug-likeness (QED) is 0.173. The Hall–Kier alpha value is -6.89. The van der Waals surface area contributed by atoms with Gasteiger partial charge in [0.15, 0.2) is 0 Å². The molecule has 4 heterocycles. The molecule has 0 fully saturated rings. The smallest absolute Gasteiger partial charge is 0.135 e. The van der Waals surface area contributed by atoms with Crippen molar-refractivity contribution in [3.05, 3.63) is 188 Å². The zero-order valence-electron chi connectivity index (χ0n) is 32.0. The molecule has 5 heteroatoms. The van der Waals surface area contributed by atoms with Crippen molar-refractivity contribution in [2.75, 3.05) is 0 Å². The molecular formula is C55H31NOS3. The van der Waals surface area contributed by atoms with E-state index in [4.69, 9.17) is 9.40 Å². The van der Waals surface area contributed by atoms with Crippen molar-refractivity contribution in [2.24, 2.45) is 0 Å². The van der Waals surface area contributed by atoms with Gasteiger partial charge in [0.25, 0.3) is 0 Å². The van der Waals surface area contributed by atoms with Gasteiger partial charge in [-0.2, -0.15) is 0 Å². The summed E-state index contributed by atoms with van der Waals surface area (Å²) in [5.74, 6) is 0. The predicted octanol–water partition coefficient (Wildman–Crippen LogP) is 17.3. The van der Waals surface area contributed by atoms with E-state index in [-0.39, 0.29) is 0 Å². The van der Waals surface area contributed by atoms with Crippen LogP contribution in [-0.2, 0) is 0 Å². The SMILES string of the molecule is c1ccc2c(c1)oc1ccc(-c3nc4c(-c5ccc(-c6ccc7sc8ccccc8c7c6)cc5)ccc(-c5ccc(-c6ccc7sc8ccccc8c7c6)cc5)c4s3)cc12. The molecule has 280 valence electrons. The van der Waals surface area contributed by atoms with Gasteiger partial charge >= 0.3 is 0 Å². The lowest BCUT2D eigenvalue weighted by Crippen LogP contribution is -1.86. The maximum Gasteiger partial charge on any atom is 0.135 e. The molecule has 0 aliphatic heterocycles. The Balaban J connectivity index is 0.918. The molecule has 0 saturated heterocycles. The number of thiazole rings is 1. The Kier molecular flexibility index (Phi) is 7.55. The van der Waals surface area contributed by atoms with Gasteiger partial charge in [-0.3, -0.25) is 0 Å². The number of hydrogen-bond acceptors (Lipinski definition) is 5. The topological polar surface area (TPSA) is 26.0 Å². The zero-order valence-corrected chi connectivity index (χ0v) is 34.4. The predicted molar refractivity (Wildman–Crippen MR) is 260 cm³/mol. The highest BCUT2D eigenvalue weighted by molar-refractivity contribution is 7.26. The van der Waals surface area contributed by atoms with E-state index in [0.717, 1.165) is 49.2 Å². The first-order chi connectivity index (χ1) is 29.7. The second-order valence-corrected chi connectivity index (χ2v) is 18.6. The minimum absolute atomic E-state index is 0.889. The third kappa shape index (κ3) is 5.40. The van der Waals surface area contributed by atoms with E-state index >= 15 is 0 Å². The van der Waals surface area contributed by atoms with Crippen LogP contribution in [0.15, 0.2) is 192 Å². The van der Waals surface area contributed by atoms with Gasteiger partial charge in [-0.1, -0.05) is 127 Å². The first kappa shape index (κ1) is 34.0. The number of aromatic nitrogens is 1. The molecule has 0 saturated carbocycles. The molecular weight excluding hydrogens is 787 g/mol. The van der Waals surface area contributed by atoms with Gasteiger partial charge in [0.2, 0.25) is 0 Å². The van der Waals surface area contributed by atoms with E-state index in [1.54, 1.807) is 11.3 Å². The van der Waals surface area contributed by atoms with Crippen molar-refractivity contribution < 1.29 is 4.42 Å². The molecule has 60 heavy (non-hydrogen) atoms. The highest BCUT2D eigenvalue weighted by Crippen LogP contribution is 2.44. The molecule has 0 unspecified atom stereocenters. The minimum atomic E-state index is 0.889. The standard InChI is InChI=1S/C55H31NOS3/c1-4-10-47-41(7-1)44-31-38(21-26-48(44)57-47)55-56-53-39(34-17-13-32(14-18-34)36-22-27-51-45(29-36)42-8-2-5-11-49(42)58-51)24-25-40(54(53)60-55)35-19-15-33(16-20-35)37-23-28-52-46(30-37)43-9-3-6-12-50(43)59-52/h1-31H. The summed E-state index contributed by atoms with van der Waals surface area (Å²) < 4.78 is 12.7. The number of fused-ring (bicyclic) bond motifs is 10. The third-order valence-corrected chi connectivity index (χ3v) is 15.4. The van der Waals surface area contributed by atoms with Gasteiger partial charge < -0.3 is 4.42 Å². The second-order valence-electron chi connectivity index (χ2n) is 15.4. The van der Waals surface area contributed by atoms with Crippen LogP contribution >= 0.6 is 34.0 Å². The van der Waals surface area contributed by atoms with E-state index < -0.39 is 0 Å². The van der Waals surface area contributed by atoms with Crippen LogP contribution in [0.5, 0.6) is 0 Å². The summed E-state index contributed by atoms with van der Waals surface area (Å²) in [6, 6.07) is 68.5. The Morgan fingerprint density at radius 1 is 0.317 bits per heavy atom. The van der Waals surface area contributed by atoms with E-state index in [2.05, 4.69) is 176 Å². The number of rotatable bonds is 5.